The fraction of sp³-hybridized carbons (Fsp3) is 0.111. The molecule has 0 spiro atoms. The molecule has 3 heterocycles. The van der Waals surface area contributed by atoms with Gasteiger partial charge in [0.05, 0.1) is 0 Å². The average molecular weight is 371 g/mol. The van der Waals surface area contributed by atoms with Crippen molar-refractivity contribution in [3.05, 3.63) is 72.6 Å². The minimum Gasteiger partial charge on any atom is -0.406 e. The van der Waals surface area contributed by atoms with E-state index in [1.807, 2.05) is 12.1 Å². The molecule has 0 saturated carbocycles. The largest absolute Gasteiger partial charge is 0.573 e. The third-order valence-corrected chi connectivity index (χ3v) is 3.75. The number of halogens is 3. The highest BCUT2D eigenvalue weighted by atomic mass is 19.4. The number of benzene rings is 1. The van der Waals surface area contributed by atoms with Gasteiger partial charge in [-0.15, -0.1) is 13.2 Å². The maximum atomic E-state index is 12.2. The average Bonchev–Trinajstić information content (AvgIpc) is 3.05. The molecule has 0 amide bonds. The Balaban J connectivity index is 1.60. The van der Waals surface area contributed by atoms with Crippen molar-refractivity contribution in [3.8, 4) is 17.0 Å². The highest BCUT2D eigenvalue weighted by molar-refractivity contribution is 5.72. The van der Waals surface area contributed by atoms with Gasteiger partial charge in [-0.1, -0.05) is 12.1 Å². The van der Waals surface area contributed by atoms with Crippen LogP contribution in [0.4, 0.5) is 13.2 Å². The maximum absolute atomic E-state index is 12.2. The number of hydrogen-bond donors (Lipinski definition) is 0. The summed E-state index contributed by atoms with van der Waals surface area (Å²) in [5.41, 5.74) is 2.81. The van der Waals surface area contributed by atoms with E-state index >= 15 is 0 Å². The van der Waals surface area contributed by atoms with E-state index in [4.69, 9.17) is 0 Å². The second-order valence-corrected chi connectivity index (χ2v) is 5.68. The molecule has 0 saturated heterocycles. The Morgan fingerprint density at radius 1 is 1.04 bits per heavy atom. The molecule has 0 bridgehead atoms. The molecule has 6 nitrogen and oxygen atoms in total. The number of aromatic nitrogens is 5. The number of pyridine rings is 1. The monoisotopic (exact) mass is 371 g/mol. The Bertz CT molecular complexity index is 1060. The molecule has 4 rings (SSSR count). The van der Waals surface area contributed by atoms with Crippen LogP contribution in [0.1, 0.15) is 11.4 Å². The van der Waals surface area contributed by atoms with Gasteiger partial charge in [0.25, 0.3) is 0 Å². The lowest BCUT2D eigenvalue weighted by Crippen LogP contribution is -2.17. The molecule has 0 aliphatic rings. The minimum absolute atomic E-state index is 0.266. The molecule has 3 aromatic heterocycles. The third-order valence-electron chi connectivity index (χ3n) is 3.75. The van der Waals surface area contributed by atoms with Crippen LogP contribution in [0.2, 0.25) is 0 Å². The first-order valence-corrected chi connectivity index (χ1v) is 7.93. The van der Waals surface area contributed by atoms with Gasteiger partial charge in [-0.2, -0.15) is 5.10 Å². The number of ether oxygens (including phenoxy) is 1. The van der Waals surface area contributed by atoms with E-state index in [0.717, 1.165) is 11.1 Å². The Morgan fingerprint density at radius 2 is 1.85 bits per heavy atom. The van der Waals surface area contributed by atoms with Crippen LogP contribution in [0.3, 0.4) is 0 Å². The summed E-state index contributed by atoms with van der Waals surface area (Å²) in [6.07, 6.45) is 2.32. The Labute approximate surface area is 151 Å². The quantitative estimate of drug-likeness (QED) is 0.548. The maximum Gasteiger partial charge on any atom is 0.573 e. The number of hydrogen-bond acceptors (Lipinski definition) is 5. The number of fused-ring (bicyclic) bond motifs is 1. The molecule has 27 heavy (non-hydrogen) atoms. The third kappa shape index (κ3) is 3.86. The van der Waals surface area contributed by atoms with Crippen molar-refractivity contribution in [1.29, 1.82) is 0 Å². The van der Waals surface area contributed by atoms with Crippen LogP contribution in [0.5, 0.6) is 5.75 Å². The molecule has 0 radical (unpaired) electrons. The van der Waals surface area contributed by atoms with E-state index in [1.165, 1.54) is 12.1 Å². The van der Waals surface area contributed by atoms with Crippen LogP contribution in [0, 0.1) is 0 Å². The fourth-order valence-corrected chi connectivity index (χ4v) is 2.63. The van der Waals surface area contributed by atoms with Gasteiger partial charge in [0.1, 0.15) is 11.4 Å². The second-order valence-electron chi connectivity index (χ2n) is 5.68. The lowest BCUT2D eigenvalue weighted by atomic mass is 10.1. The van der Waals surface area contributed by atoms with Crippen molar-refractivity contribution >= 4 is 5.65 Å². The highest BCUT2D eigenvalue weighted by Gasteiger charge is 2.30. The van der Waals surface area contributed by atoms with Crippen LogP contribution in [0.25, 0.3) is 16.9 Å². The van der Waals surface area contributed by atoms with E-state index in [9.17, 15) is 13.2 Å². The van der Waals surface area contributed by atoms with Gasteiger partial charge in [-0.05, 0) is 29.8 Å². The first-order valence-electron chi connectivity index (χ1n) is 7.93. The molecule has 0 N–H and O–H groups in total. The van der Waals surface area contributed by atoms with Gasteiger partial charge in [0.2, 0.25) is 0 Å². The van der Waals surface area contributed by atoms with Crippen molar-refractivity contribution in [2.75, 3.05) is 0 Å². The minimum atomic E-state index is -4.71. The van der Waals surface area contributed by atoms with Gasteiger partial charge >= 0.3 is 6.36 Å². The van der Waals surface area contributed by atoms with Gasteiger partial charge in [0.15, 0.2) is 11.5 Å². The molecule has 4 aromatic rings. The van der Waals surface area contributed by atoms with Crippen LogP contribution in [0.15, 0.2) is 61.2 Å². The molecule has 0 fully saturated rings. The summed E-state index contributed by atoms with van der Waals surface area (Å²) in [6.45, 7) is 0. The molecule has 136 valence electrons. The molecule has 0 aliphatic carbocycles. The number of alkyl halides is 3. The Kier molecular flexibility index (Phi) is 4.19. The summed E-state index contributed by atoms with van der Waals surface area (Å²) in [5, 5.41) is 4.41. The van der Waals surface area contributed by atoms with Gasteiger partial charge in [-0.25, -0.2) is 9.50 Å². The fourth-order valence-electron chi connectivity index (χ4n) is 2.63. The first-order chi connectivity index (χ1) is 13.0. The first kappa shape index (κ1) is 17.0. The predicted molar refractivity (Wildman–Crippen MR) is 89.9 cm³/mol. The summed E-state index contributed by atoms with van der Waals surface area (Å²) in [7, 11) is 0. The van der Waals surface area contributed by atoms with E-state index in [0.29, 0.717) is 23.6 Å². The Hall–Kier alpha value is -3.49. The van der Waals surface area contributed by atoms with Crippen molar-refractivity contribution < 1.29 is 17.9 Å². The molecular formula is C18H12F3N5O. The van der Waals surface area contributed by atoms with E-state index < -0.39 is 6.36 Å². The van der Waals surface area contributed by atoms with Gasteiger partial charge in [0, 0.05) is 36.8 Å². The molecule has 1 aromatic carbocycles. The zero-order valence-corrected chi connectivity index (χ0v) is 13.8. The summed E-state index contributed by atoms with van der Waals surface area (Å²) >= 11 is 0. The molecular weight excluding hydrogens is 359 g/mol. The second kappa shape index (κ2) is 6.67. The summed E-state index contributed by atoms with van der Waals surface area (Å²) < 4.78 is 42.2. The normalized spacial score (nSPS) is 11.7. The van der Waals surface area contributed by atoms with Gasteiger partial charge in [-0.3, -0.25) is 9.97 Å². The van der Waals surface area contributed by atoms with E-state index in [1.54, 1.807) is 41.4 Å². The van der Waals surface area contributed by atoms with Crippen LogP contribution < -0.4 is 4.74 Å². The summed E-state index contributed by atoms with van der Waals surface area (Å²) in [6, 6.07) is 9.31. The molecule has 0 aliphatic heterocycles. The molecule has 9 heteroatoms. The lowest BCUT2D eigenvalue weighted by Gasteiger charge is -2.08. The Morgan fingerprint density at radius 3 is 2.56 bits per heavy atom. The summed E-state index contributed by atoms with van der Waals surface area (Å²) in [5.74, 6) is 0.259. The van der Waals surface area contributed by atoms with E-state index in [2.05, 4.69) is 24.8 Å². The molecule has 0 unspecified atom stereocenters. The van der Waals surface area contributed by atoms with Crippen molar-refractivity contribution in [2.45, 2.75) is 12.8 Å². The molecule has 0 atom stereocenters. The number of nitrogens with zero attached hydrogens (tertiary/aromatic N) is 5. The van der Waals surface area contributed by atoms with Crippen LogP contribution >= 0.6 is 0 Å². The smallest absolute Gasteiger partial charge is 0.406 e. The topological polar surface area (TPSA) is 65.2 Å². The van der Waals surface area contributed by atoms with Gasteiger partial charge < -0.3 is 4.74 Å². The zero-order chi connectivity index (χ0) is 18.9. The summed E-state index contributed by atoms with van der Waals surface area (Å²) in [4.78, 5) is 13.0. The number of rotatable bonds is 4. The standard InChI is InChI=1S/C18H12F3N5O/c19-18(20,21)27-14-5-3-12(4-6-14)10-15-24-17-16(13-2-1-7-22-11-13)23-8-9-26(17)25-15/h1-9,11H,10H2. The predicted octanol–water partition coefficient (Wildman–Crippen LogP) is 3.68. The van der Waals surface area contributed by atoms with Crippen molar-refractivity contribution in [3.63, 3.8) is 0 Å². The van der Waals surface area contributed by atoms with E-state index in [-0.39, 0.29) is 5.75 Å². The zero-order valence-electron chi connectivity index (χ0n) is 13.8. The van der Waals surface area contributed by atoms with Crippen LogP contribution in [-0.4, -0.2) is 30.9 Å². The SMILES string of the molecule is FC(F)(F)Oc1ccc(Cc2nc3c(-c4cccnc4)nccn3n2)cc1. The highest BCUT2D eigenvalue weighted by Crippen LogP contribution is 2.24. The lowest BCUT2D eigenvalue weighted by molar-refractivity contribution is -0.274. The van der Waals surface area contributed by atoms with Crippen LogP contribution in [-0.2, 0) is 6.42 Å². The van der Waals surface area contributed by atoms with Crippen molar-refractivity contribution in [1.82, 2.24) is 24.6 Å². The van der Waals surface area contributed by atoms with Crippen molar-refractivity contribution in [2.24, 2.45) is 0 Å².